The summed E-state index contributed by atoms with van der Waals surface area (Å²) < 4.78 is 0. The molecule has 2 aromatic rings. The summed E-state index contributed by atoms with van der Waals surface area (Å²) in [6.07, 6.45) is 2.43. The molecule has 1 atom stereocenters. The van der Waals surface area contributed by atoms with Crippen LogP contribution in [0.2, 0.25) is 0 Å². The molecule has 106 valence electrons. The molecule has 0 bridgehead atoms. The zero-order chi connectivity index (χ0) is 14.4. The van der Waals surface area contributed by atoms with Crippen LogP contribution in [0.15, 0.2) is 60.7 Å². The van der Waals surface area contributed by atoms with Gasteiger partial charge in [-0.15, -0.1) is 0 Å². The molecule has 1 nitrogen and oxygen atoms in total. The fourth-order valence-corrected chi connectivity index (χ4v) is 5.23. The van der Waals surface area contributed by atoms with Gasteiger partial charge in [0.1, 0.15) is 0 Å². The van der Waals surface area contributed by atoms with Gasteiger partial charge in [-0.3, -0.25) is 0 Å². The molecule has 2 heteroatoms. The van der Waals surface area contributed by atoms with Crippen molar-refractivity contribution in [3.63, 3.8) is 0 Å². The molecule has 20 heavy (non-hydrogen) atoms. The number of benzene rings is 2. The Balaban J connectivity index is 2.30. The molecule has 0 N–H and O–H groups in total. The molecular formula is C18H24NP. The number of nitrogens with zero attached hydrogens (tertiary/aromatic N) is 1. The molecule has 2 aromatic carbocycles. The average Bonchev–Trinajstić information content (AvgIpc) is 2.50. The molecule has 0 aromatic heterocycles. The average molecular weight is 285 g/mol. The first-order valence-electron chi connectivity index (χ1n) is 7.26. The van der Waals surface area contributed by atoms with Crippen LogP contribution in [0.5, 0.6) is 0 Å². The highest BCUT2D eigenvalue weighted by molar-refractivity contribution is 7.73. The SMILES string of the molecule is CC[C@@H](CP(c1ccccc1)c1ccccc1)N(C)C. The van der Waals surface area contributed by atoms with E-state index in [1.165, 1.54) is 23.2 Å². The topological polar surface area (TPSA) is 3.24 Å². The van der Waals surface area contributed by atoms with Crippen LogP contribution in [0.4, 0.5) is 0 Å². The van der Waals surface area contributed by atoms with Crippen molar-refractivity contribution in [3.05, 3.63) is 60.7 Å². The van der Waals surface area contributed by atoms with Crippen molar-refractivity contribution in [3.8, 4) is 0 Å². The van der Waals surface area contributed by atoms with Crippen molar-refractivity contribution >= 4 is 18.5 Å². The highest BCUT2D eigenvalue weighted by atomic mass is 31.1. The number of hydrogen-bond donors (Lipinski definition) is 0. The fourth-order valence-electron chi connectivity index (χ4n) is 2.44. The van der Waals surface area contributed by atoms with E-state index in [2.05, 4.69) is 86.6 Å². The van der Waals surface area contributed by atoms with Crippen LogP contribution >= 0.6 is 7.92 Å². The first-order chi connectivity index (χ1) is 9.72. The molecule has 0 aliphatic carbocycles. The van der Waals surface area contributed by atoms with Crippen molar-refractivity contribution < 1.29 is 0 Å². The van der Waals surface area contributed by atoms with Gasteiger partial charge in [-0.25, -0.2) is 0 Å². The summed E-state index contributed by atoms with van der Waals surface area (Å²) in [4.78, 5) is 2.36. The van der Waals surface area contributed by atoms with Crippen molar-refractivity contribution in [1.82, 2.24) is 4.90 Å². The second kappa shape index (κ2) is 7.57. The Labute approximate surface area is 124 Å². The van der Waals surface area contributed by atoms with E-state index in [4.69, 9.17) is 0 Å². The van der Waals surface area contributed by atoms with Gasteiger partial charge in [0, 0.05) is 6.04 Å². The van der Waals surface area contributed by atoms with Gasteiger partial charge < -0.3 is 4.90 Å². The molecule has 0 saturated heterocycles. The molecule has 0 heterocycles. The second-order valence-electron chi connectivity index (χ2n) is 5.31. The normalized spacial score (nSPS) is 12.8. The third-order valence-corrected chi connectivity index (χ3v) is 6.36. The van der Waals surface area contributed by atoms with Crippen LogP contribution in [-0.2, 0) is 0 Å². The molecule has 0 saturated carbocycles. The Bertz CT molecular complexity index is 456. The van der Waals surface area contributed by atoms with Gasteiger partial charge in [0.05, 0.1) is 0 Å². The summed E-state index contributed by atoms with van der Waals surface area (Å²) in [6, 6.07) is 22.6. The van der Waals surface area contributed by atoms with E-state index in [0.717, 1.165) is 0 Å². The lowest BCUT2D eigenvalue weighted by molar-refractivity contribution is 0.311. The van der Waals surface area contributed by atoms with Gasteiger partial charge in [-0.05, 0) is 45.2 Å². The van der Waals surface area contributed by atoms with Crippen molar-refractivity contribution in [2.45, 2.75) is 19.4 Å². The summed E-state index contributed by atoms with van der Waals surface area (Å²) in [5.41, 5.74) is 0. The van der Waals surface area contributed by atoms with Gasteiger partial charge in [-0.1, -0.05) is 67.6 Å². The van der Waals surface area contributed by atoms with Gasteiger partial charge >= 0.3 is 0 Å². The summed E-state index contributed by atoms with van der Waals surface area (Å²) in [5.74, 6) is 0. The first kappa shape index (κ1) is 15.2. The monoisotopic (exact) mass is 285 g/mol. The Morgan fingerprint density at radius 2 is 1.30 bits per heavy atom. The largest absolute Gasteiger partial charge is 0.306 e. The lowest BCUT2D eigenvalue weighted by Gasteiger charge is -2.28. The summed E-state index contributed by atoms with van der Waals surface area (Å²) in [6.45, 7) is 2.29. The van der Waals surface area contributed by atoms with Crippen LogP contribution in [0.3, 0.4) is 0 Å². The third-order valence-electron chi connectivity index (χ3n) is 3.73. The molecule has 0 spiro atoms. The van der Waals surface area contributed by atoms with E-state index < -0.39 is 0 Å². The maximum Gasteiger partial charge on any atom is 0.0132 e. The van der Waals surface area contributed by atoms with Crippen LogP contribution in [-0.4, -0.2) is 31.2 Å². The van der Waals surface area contributed by atoms with E-state index in [-0.39, 0.29) is 7.92 Å². The molecular weight excluding hydrogens is 261 g/mol. The number of hydrogen-bond acceptors (Lipinski definition) is 1. The van der Waals surface area contributed by atoms with Gasteiger partial charge in [0.15, 0.2) is 0 Å². The van der Waals surface area contributed by atoms with Gasteiger partial charge in [0.25, 0.3) is 0 Å². The number of rotatable bonds is 6. The Kier molecular flexibility index (Phi) is 5.76. The molecule has 0 amide bonds. The van der Waals surface area contributed by atoms with E-state index in [1.807, 2.05) is 0 Å². The smallest absolute Gasteiger partial charge is 0.0132 e. The lowest BCUT2D eigenvalue weighted by Crippen LogP contribution is -2.32. The summed E-state index contributed by atoms with van der Waals surface area (Å²) >= 11 is 0. The molecule has 2 rings (SSSR count). The summed E-state index contributed by atoms with van der Waals surface area (Å²) in [7, 11) is 4.11. The maximum absolute atomic E-state index is 2.36. The fraction of sp³-hybridized carbons (Fsp3) is 0.333. The van der Waals surface area contributed by atoms with Crippen molar-refractivity contribution in [2.24, 2.45) is 0 Å². The molecule has 0 aliphatic rings. The second-order valence-corrected chi connectivity index (χ2v) is 7.56. The van der Waals surface area contributed by atoms with E-state index in [1.54, 1.807) is 0 Å². The lowest BCUT2D eigenvalue weighted by atomic mass is 10.2. The minimum atomic E-state index is -0.270. The quantitative estimate of drug-likeness (QED) is 0.735. The van der Waals surface area contributed by atoms with Crippen LogP contribution in [0.25, 0.3) is 0 Å². The standard InChI is InChI=1S/C18H24NP/c1-4-16(19(2)3)15-20(17-11-7-5-8-12-17)18-13-9-6-10-14-18/h5-14,16H,4,15H2,1-3H3/t16-/m0/s1. The van der Waals surface area contributed by atoms with E-state index in [9.17, 15) is 0 Å². The third kappa shape index (κ3) is 3.91. The van der Waals surface area contributed by atoms with E-state index in [0.29, 0.717) is 6.04 Å². The zero-order valence-corrected chi connectivity index (χ0v) is 13.6. The van der Waals surface area contributed by atoms with Crippen LogP contribution in [0.1, 0.15) is 13.3 Å². The maximum atomic E-state index is 2.36. The Morgan fingerprint density at radius 3 is 1.65 bits per heavy atom. The molecule has 0 aliphatic heterocycles. The molecule has 0 radical (unpaired) electrons. The Morgan fingerprint density at radius 1 is 0.850 bits per heavy atom. The van der Waals surface area contributed by atoms with Crippen molar-refractivity contribution in [2.75, 3.05) is 20.3 Å². The predicted octanol–water partition coefficient (Wildman–Crippen LogP) is 3.46. The van der Waals surface area contributed by atoms with Crippen molar-refractivity contribution in [1.29, 1.82) is 0 Å². The van der Waals surface area contributed by atoms with E-state index >= 15 is 0 Å². The first-order valence-corrected chi connectivity index (χ1v) is 8.79. The molecule has 0 fully saturated rings. The molecule has 0 unspecified atom stereocenters. The summed E-state index contributed by atoms with van der Waals surface area (Å²) in [5, 5.41) is 2.96. The predicted molar refractivity (Wildman–Crippen MR) is 91.7 cm³/mol. The highest BCUT2D eigenvalue weighted by Gasteiger charge is 2.19. The van der Waals surface area contributed by atoms with Crippen LogP contribution in [0, 0.1) is 0 Å². The highest BCUT2D eigenvalue weighted by Crippen LogP contribution is 2.35. The minimum Gasteiger partial charge on any atom is -0.306 e. The van der Waals surface area contributed by atoms with Gasteiger partial charge in [0.2, 0.25) is 0 Å². The van der Waals surface area contributed by atoms with Gasteiger partial charge in [-0.2, -0.15) is 0 Å². The zero-order valence-electron chi connectivity index (χ0n) is 12.7. The Hall–Kier alpha value is -1.17. The minimum absolute atomic E-state index is 0.270. The van der Waals surface area contributed by atoms with Crippen LogP contribution < -0.4 is 10.6 Å².